The lowest BCUT2D eigenvalue weighted by atomic mass is 9.78. The van der Waals surface area contributed by atoms with Crippen molar-refractivity contribution in [2.45, 2.75) is 70.8 Å². The Balaban J connectivity index is 0.00000320. The average Bonchev–Trinajstić information content (AvgIpc) is 3.11. The summed E-state index contributed by atoms with van der Waals surface area (Å²) >= 11 is 3.83. The molecule has 1 aliphatic rings. The van der Waals surface area contributed by atoms with Crippen molar-refractivity contribution < 1.29 is 5.11 Å². The Morgan fingerprint density at radius 2 is 1.47 bits per heavy atom. The third-order valence-electron chi connectivity index (χ3n) is 6.10. The number of benzene rings is 1. The number of aromatic hydroxyl groups is 1. The summed E-state index contributed by atoms with van der Waals surface area (Å²) in [5.41, 5.74) is 3.90. The van der Waals surface area contributed by atoms with Crippen LogP contribution in [0.5, 0.6) is 5.75 Å². The molecule has 1 aromatic carbocycles. The van der Waals surface area contributed by atoms with Crippen molar-refractivity contribution in [2.75, 3.05) is 25.6 Å². The van der Waals surface area contributed by atoms with Crippen molar-refractivity contribution >= 4 is 35.5 Å². The lowest BCUT2D eigenvalue weighted by Crippen LogP contribution is -2.44. The number of thioether (sulfide) groups is 1. The quantitative estimate of drug-likeness (QED) is 0.536. The minimum absolute atomic E-state index is 0. The summed E-state index contributed by atoms with van der Waals surface area (Å²) in [5.74, 6) is 2.81. The highest BCUT2D eigenvalue weighted by atomic mass is 35.5. The largest absolute Gasteiger partial charge is 0.507 e. The van der Waals surface area contributed by atoms with Gasteiger partial charge in [-0.2, -0.15) is 11.8 Å². The number of phenolic OH excluding ortho intramolecular Hbond substituents is 1. The topological polar surface area (TPSA) is 36.4 Å². The second kappa shape index (κ2) is 9.01. The van der Waals surface area contributed by atoms with Crippen molar-refractivity contribution in [3.8, 4) is 17.0 Å². The molecule has 3 nitrogen and oxygen atoms in total. The van der Waals surface area contributed by atoms with Crippen LogP contribution >= 0.6 is 35.5 Å². The molecule has 0 unspecified atom stereocenters. The molecule has 168 valence electrons. The van der Waals surface area contributed by atoms with Gasteiger partial charge in [-0.05, 0) is 61.4 Å². The summed E-state index contributed by atoms with van der Waals surface area (Å²) in [5, 5.41) is 14.5. The van der Waals surface area contributed by atoms with E-state index in [-0.39, 0.29) is 28.8 Å². The van der Waals surface area contributed by atoms with Crippen molar-refractivity contribution in [3.05, 3.63) is 33.6 Å². The van der Waals surface area contributed by atoms with E-state index in [9.17, 15) is 5.11 Å². The average molecular weight is 469 g/mol. The van der Waals surface area contributed by atoms with Crippen LogP contribution in [0.2, 0.25) is 0 Å². The van der Waals surface area contributed by atoms with Crippen LogP contribution in [0.1, 0.15) is 70.5 Å². The molecule has 1 saturated heterocycles. The van der Waals surface area contributed by atoms with Crippen molar-refractivity contribution in [1.82, 2.24) is 9.88 Å². The number of hydrogen-bond acceptors (Lipinski definition) is 5. The van der Waals surface area contributed by atoms with Gasteiger partial charge in [-0.25, -0.2) is 4.98 Å². The number of thiazole rings is 1. The molecule has 1 N–H and O–H groups in total. The summed E-state index contributed by atoms with van der Waals surface area (Å²) in [6.45, 7) is 12.9. The maximum Gasteiger partial charge on any atom is 0.123 e. The van der Waals surface area contributed by atoms with Crippen LogP contribution in [0.4, 0.5) is 0 Å². The standard InChI is InChI=1S/C24H36N2OS2.ClH/c1-22(2,3)17-13-16(14-18(20(17)27)23(4,5)6)19-15-29-21(25-19)24(26(7)8)9-11-28-12-10-24;/h13-15,27H,9-12H2,1-8H3;1H. The van der Waals surface area contributed by atoms with E-state index in [1.165, 1.54) is 16.5 Å². The molecule has 1 aromatic heterocycles. The first-order valence-electron chi connectivity index (χ1n) is 10.5. The van der Waals surface area contributed by atoms with E-state index in [4.69, 9.17) is 4.98 Å². The van der Waals surface area contributed by atoms with Gasteiger partial charge in [0.1, 0.15) is 10.8 Å². The van der Waals surface area contributed by atoms with Crippen LogP contribution < -0.4 is 0 Å². The highest BCUT2D eigenvalue weighted by molar-refractivity contribution is 7.99. The molecule has 30 heavy (non-hydrogen) atoms. The van der Waals surface area contributed by atoms with Crippen molar-refractivity contribution in [3.63, 3.8) is 0 Å². The molecule has 1 aliphatic heterocycles. The van der Waals surface area contributed by atoms with Crippen LogP contribution in [0.15, 0.2) is 17.5 Å². The lowest BCUT2D eigenvalue weighted by Gasteiger charge is -2.41. The van der Waals surface area contributed by atoms with Gasteiger partial charge < -0.3 is 5.11 Å². The van der Waals surface area contributed by atoms with Crippen LogP contribution in [0.25, 0.3) is 11.3 Å². The van der Waals surface area contributed by atoms with E-state index in [0.29, 0.717) is 5.75 Å². The summed E-state index contributed by atoms with van der Waals surface area (Å²) in [4.78, 5) is 7.53. The Morgan fingerprint density at radius 3 is 1.90 bits per heavy atom. The number of phenols is 1. The van der Waals surface area contributed by atoms with E-state index >= 15 is 0 Å². The molecular formula is C24H37ClN2OS2. The number of hydrogen-bond donors (Lipinski definition) is 1. The molecule has 0 saturated carbocycles. The van der Waals surface area contributed by atoms with Gasteiger partial charge in [0, 0.05) is 22.1 Å². The second-order valence-corrected chi connectivity index (χ2v) is 12.6. The fourth-order valence-corrected chi connectivity index (χ4v) is 6.44. The number of rotatable bonds is 3. The van der Waals surface area contributed by atoms with Crippen molar-refractivity contribution in [2.24, 2.45) is 0 Å². The molecule has 2 aromatic rings. The molecule has 1 fully saturated rings. The summed E-state index contributed by atoms with van der Waals surface area (Å²) in [7, 11) is 4.38. The highest BCUT2D eigenvalue weighted by Crippen LogP contribution is 2.45. The predicted octanol–water partition coefficient (Wildman–Crippen LogP) is 6.82. The van der Waals surface area contributed by atoms with Gasteiger partial charge in [-0.1, -0.05) is 41.5 Å². The van der Waals surface area contributed by atoms with E-state index in [0.717, 1.165) is 35.2 Å². The maximum absolute atomic E-state index is 11.0. The smallest absolute Gasteiger partial charge is 0.123 e. The molecule has 6 heteroatoms. The monoisotopic (exact) mass is 468 g/mol. The van der Waals surface area contributed by atoms with E-state index in [1.54, 1.807) is 11.3 Å². The molecule has 0 aliphatic carbocycles. The normalized spacial score (nSPS) is 17.1. The molecule has 2 heterocycles. The number of halogens is 1. The van der Waals surface area contributed by atoms with Crippen molar-refractivity contribution in [1.29, 1.82) is 0 Å². The molecule has 0 atom stereocenters. The minimum Gasteiger partial charge on any atom is -0.507 e. The zero-order valence-electron chi connectivity index (χ0n) is 19.6. The van der Waals surface area contributed by atoms with E-state index in [2.05, 4.69) is 78.1 Å². The van der Waals surface area contributed by atoms with Gasteiger partial charge in [0.2, 0.25) is 0 Å². The van der Waals surface area contributed by atoms with Crippen LogP contribution in [0.3, 0.4) is 0 Å². The maximum atomic E-state index is 11.0. The van der Waals surface area contributed by atoms with E-state index in [1.807, 2.05) is 11.8 Å². The number of aromatic nitrogens is 1. The fourth-order valence-electron chi connectivity index (χ4n) is 4.11. The third-order valence-corrected chi connectivity index (χ3v) is 8.12. The SMILES string of the molecule is CN(C)C1(c2nc(-c3cc(C(C)(C)C)c(O)c(C(C)(C)C)c3)cs2)CCSCC1.Cl. The first kappa shape index (κ1) is 25.5. The van der Waals surface area contributed by atoms with Crippen LogP contribution in [0, 0.1) is 0 Å². The Kier molecular flexibility index (Phi) is 7.66. The first-order chi connectivity index (χ1) is 13.4. The third kappa shape index (κ3) is 4.85. The minimum atomic E-state index is -0.135. The second-order valence-electron chi connectivity index (χ2n) is 10.5. The molecule has 0 amide bonds. The summed E-state index contributed by atoms with van der Waals surface area (Å²) < 4.78 is 0. The van der Waals surface area contributed by atoms with Gasteiger partial charge in [0.05, 0.1) is 11.2 Å². The Bertz CT molecular complexity index is 837. The van der Waals surface area contributed by atoms with Gasteiger partial charge in [-0.15, -0.1) is 23.7 Å². The van der Waals surface area contributed by atoms with Gasteiger partial charge in [0.15, 0.2) is 0 Å². The zero-order valence-corrected chi connectivity index (χ0v) is 22.1. The molecule has 0 radical (unpaired) electrons. The number of nitrogens with zero attached hydrogens (tertiary/aromatic N) is 2. The molecule has 0 bridgehead atoms. The van der Waals surface area contributed by atoms with Crippen LogP contribution in [-0.2, 0) is 16.4 Å². The van der Waals surface area contributed by atoms with Gasteiger partial charge >= 0.3 is 0 Å². The fraction of sp³-hybridized carbons (Fsp3) is 0.625. The van der Waals surface area contributed by atoms with Gasteiger partial charge in [0.25, 0.3) is 0 Å². The molecule has 3 rings (SSSR count). The van der Waals surface area contributed by atoms with Gasteiger partial charge in [-0.3, -0.25) is 4.90 Å². The summed E-state index contributed by atoms with van der Waals surface area (Å²) in [6.07, 6.45) is 2.29. The molecular weight excluding hydrogens is 432 g/mol. The van der Waals surface area contributed by atoms with E-state index < -0.39 is 0 Å². The lowest BCUT2D eigenvalue weighted by molar-refractivity contribution is 0.138. The zero-order chi connectivity index (χ0) is 21.6. The highest BCUT2D eigenvalue weighted by Gasteiger charge is 2.39. The Morgan fingerprint density at radius 1 is 0.967 bits per heavy atom. The van der Waals surface area contributed by atoms with Crippen LogP contribution in [-0.4, -0.2) is 40.6 Å². The molecule has 0 spiro atoms. The summed E-state index contributed by atoms with van der Waals surface area (Å²) in [6, 6.07) is 4.28. The Hall–Kier alpha value is -0.750. The Labute approximate surface area is 197 Å². The predicted molar refractivity (Wildman–Crippen MR) is 136 cm³/mol. The first-order valence-corrected chi connectivity index (χ1v) is 12.5.